The van der Waals surface area contributed by atoms with Crippen LogP contribution in [0.4, 0.5) is 18.9 Å². The van der Waals surface area contributed by atoms with Crippen molar-refractivity contribution in [3.05, 3.63) is 25.7 Å². The van der Waals surface area contributed by atoms with E-state index in [4.69, 9.17) is 23.2 Å². The van der Waals surface area contributed by atoms with Crippen LogP contribution in [0.15, 0.2) is 12.1 Å². The van der Waals surface area contributed by atoms with Crippen LogP contribution < -0.4 is 5.32 Å². The minimum Gasteiger partial charge on any atom is -0.318 e. The van der Waals surface area contributed by atoms with Gasteiger partial charge in [0.25, 0.3) is 0 Å². The smallest absolute Gasteiger partial charge is 0.318 e. The fourth-order valence-electron chi connectivity index (χ4n) is 0.830. The Kier molecular flexibility index (Phi) is 4.30. The van der Waals surface area contributed by atoms with E-state index in [0.717, 1.165) is 0 Å². The molecule has 0 spiro atoms. The number of amides is 1. The van der Waals surface area contributed by atoms with Crippen LogP contribution in [0.1, 0.15) is 0 Å². The van der Waals surface area contributed by atoms with Crippen LogP contribution in [0, 0.1) is 3.57 Å². The molecule has 0 aromatic heterocycles. The number of halogens is 6. The van der Waals surface area contributed by atoms with Crippen LogP contribution in [0.2, 0.25) is 10.0 Å². The molecule has 2 nitrogen and oxygen atoms in total. The second-order valence-corrected chi connectivity index (χ2v) is 4.60. The third-order valence-corrected chi connectivity index (χ3v) is 3.90. The molecule has 1 N–H and O–H groups in total. The molecular weight excluding hydrogens is 381 g/mol. The van der Waals surface area contributed by atoms with Crippen molar-refractivity contribution in [2.75, 3.05) is 5.32 Å². The number of hydrogen-bond donors (Lipinski definition) is 1. The van der Waals surface area contributed by atoms with Gasteiger partial charge in [0.15, 0.2) is 0 Å². The lowest BCUT2D eigenvalue weighted by Crippen LogP contribution is -2.29. The van der Waals surface area contributed by atoms with E-state index < -0.39 is 12.1 Å². The maximum absolute atomic E-state index is 11.9. The summed E-state index contributed by atoms with van der Waals surface area (Å²) in [6.45, 7) is 0. The predicted molar refractivity (Wildman–Crippen MR) is 63.9 cm³/mol. The topological polar surface area (TPSA) is 29.1 Å². The lowest BCUT2D eigenvalue weighted by molar-refractivity contribution is -0.167. The summed E-state index contributed by atoms with van der Waals surface area (Å²) in [6.07, 6.45) is -4.94. The molecular formula is C8H3Cl2F3INO. The summed E-state index contributed by atoms with van der Waals surface area (Å²) in [5.74, 6) is -2.07. The van der Waals surface area contributed by atoms with Gasteiger partial charge in [0.05, 0.1) is 13.6 Å². The highest BCUT2D eigenvalue weighted by molar-refractivity contribution is 14.1. The first-order valence-corrected chi connectivity index (χ1v) is 5.58. The lowest BCUT2D eigenvalue weighted by atomic mass is 10.3. The molecule has 0 bridgehead atoms. The molecule has 0 radical (unpaired) electrons. The molecule has 0 saturated heterocycles. The molecule has 0 saturated carbocycles. The predicted octanol–water partition coefficient (Wildman–Crippen LogP) is 4.10. The third-order valence-electron chi connectivity index (χ3n) is 1.50. The van der Waals surface area contributed by atoms with Crippen molar-refractivity contribution in [1.29, 1.82) is 0 Å². The molecule has 0 aliphatic carbocycles. The van der Waals surface area contributed by atoms with Gasteiger partial charge < -0.3 is 5.32 Å². The lowest BCUT2D eigenvalue weighted by Gasteiger charge is -2.09. The van der Waals surface area contributed by atoms with E-state index in [1.54, 1.807) is 5.32 Å². The highest BCUT2D eigenvalue weighted by atomic mass is 127. The van der Waals surface area contributed by atoms with Gasteiger partial charge in [0.2, 0.25) is 0 Å². The average molecular weight is 384 g/mol. The molecule has 0 unspecified atom stereocenters. The zero-order chi connectivity index (χ0) is 12.5. The SMILES string of the molecule is O=C(Nc1cc(Cl)c(I)c(Cl)c1)C(F)(F)F. The standard InChI is InChI=1S/C8H3Cl2F3INO/c9-4-1-3(2-5(10)6(4)14)15-7(16)8(11,12)13/h1-2H,(H,15,16). The number of alkyl halides is 3. The molecule has 1 aromatic rings. The van der Waals surface area contributed by atoms with Crippen LogP contribution >= 0.6 is 45.8 Å². The average Bonchev–Trinajstić information content (AvgIpc) is 2.12. The summed E-state index contributed by atoms with van der Waals surface area (Å²) < 4.78 is 36.3. The Hall–Kier alpha value is -0.210. The van der Waals surface area contributed by atoms with Gasteiger partial charge in [-0.25, -0.2) is 0 Å². The molecule has 1 aromatic carbocycles. The Balaban J connectivity index is 2.96. The molecule has 1 amide bonds. The van der Waals surface area contributed by atoms with E-state index in [9.17, 15) is 18.0 Å². The first-order chi connectivity index (χ1) is 7.21. The zero-order valence-electron chi connectivity index (χ0n) is 7.33. The van der Waals surface area contributed by atoms with E-state index in [1.165, 1.54) is 12.1 Å². The van der Waals surface area contributed by atoms with Gasteiger partial charge >= 0.3 is 12.1 Å². The third kappa shape index (κ3) is 3.39. The highest BCUT2D eigenvalue weighted by Gasteiger charge is 2.38. The number of hydrogen-bond acceptors (Lipinski definition) is 1. The number of benzene rings is 1. The molecule has 0 aliphatic rings. The normalized spacial score (nSPS) is 11.4. The van der Waals surface area contributed by atoms with Crippen molar-refractivity contribution in [3.8, 4) is 0 Å². The van der Waals surface area contributed by atoms with Gasteiger partial charge in [-0.3, -0.25) is 4.79 Å². The maximum atomic E-state index is 11.9. The van der Waals surface area contributed by atoms with Gasteiger partial charge in [-0.1, -0.05) is 23.2 Å². The summed E-state index contributed by atoms with van der Waals surface area (Å²) in [5, 5.41) is 2.00. The first kappa shape index (κ1) is 13.9. The largest absolute Gasteiger partial charge is 0.471 e. The van der Waals surface area contributed by atoms with Crippen molar-refractivity contribution in [1.82, 2.24) is 0 Å². The monoisotopic (exact) mass is 383 g/mol. The maximum Gasteiger partial charge on any atom is 0.471 e. The Morgan fingerprint density at radius 1 is 1.25 bits per heavy atom. The van der Waals surface area contributed by atoms with E-state index >= 15 is 0 Å². The zero-order valence-corrected chi connectivity index (χ0v) is 11.0. The van der Waals surface area contributed by atoms with Crippen molar-refractivity contribution >= 4 is 57.4 Å². The number of nitrogens with one attached hydrogen (secondary N) is 1. The molecule has 0 fully saturated rings. The van der Waals surface area contributed by atoms with Crippen molar-refractivity contribution in [3.63, 3.8) is 0 Å². The van der Waals surface area contributed by atoms with Gasteiger partial charge in [0.1, 0.15) is 0 Å². The van der Waals surface area contributed by atoms with Gasteiger partial charge in [-0.05, 0) is 34.7 Å². The van der Waals surface area contributed by atoms with Crippen LogP contribution in [0.3, 0.4) is 0 Å². The number of rotatable bonds is 1. The van der Waals surface area contributed by atoms with Gasteiger partial charge in [0, 0.05) is 5.69 Å². The van der Waals surface area contributed by atoms with Crippen molar-refractivity contribution < 1.29 is 18.0 Å². The molecule has 8 heteroatoms. The fourth-order valence-corrected chi connectivity index (χ4v) is 1.63. The molecule has 0 aliphatic heterocycles. The molecule has 88 valence electrons. The minimum absolute atomic E-state index is 0.0993. The Bertz CT molecular complexity index is 413. The summed E-state index contributed by atoms with van der Waals surface area (Å²) in [7, 11) is 0. The van der Waals surface area contributed by atoms with E-state index in [0.29, 0.717) is 3.57 Å². The van der Waals surface area contributed by atoms with Crippen LogP contribution in [-0.4, -0.2) is 12.1 Å². The number of carbonyl (C=O) groups is 1. The minimum atomic E-state index is -4.94. The van der Waals surface area contributed by atoms with Crippen molar-refractivity contribution in [2.24, 2.45) is 0 Å². The summed E-state index contributed by atoms with van der Waals surface area (Å²) in [6, 6.07) is 2.39. The second-order valence-electron chi connectivity index (χ2n) is 2.71. The summed E-state index contributed by atoms with van der Waals surface area (Å²) in [4.78, 5) is 10.6. The quantitative estimate of drug-likeness (QED) is 0.574. The van der Waals surface area contributed by atoms with Crippen LogP contribution in [-0.2, 0) is 4.79 Å². The molecule has 0 atom stereocenters. The fraction of sp³-hybridized carbons (Fsp3) is 0.125. The Morgan fingerprint density at radius 3 is 2.06 bits per heavy atom. The Morgan fingerprint density at radius 2 is 1.69 bits per heavy atom. The first-order valence-electron chi connectivity index (χ1n) is 3.74. The van der Waals surface area contributed by atoms with E-state index in [-0.39, 0.29) is 15.7 Å². The van der Waals surface area contributed by atoms with Gasteiger partial charge in [-0.2, -0.15) is 13.2 Å². The summed E-state index contributed by atoms with van der Waals surface area (Å²) in [5.41, 5.74) is -0.0993. The number of carbonyl (C=O) groups excluding carboxylic acids is 1. The Labute approximate surface area is 112 Å². The van der Waals surface area contributed by atoms with E-state index in [2.05, 4.69) is 0 Å². The van der Waals surface area contributed by atoms with Crippen LogP contribution in [0.5, 0.6) is 0 Å². The van der Waals surface area contributed by atoms with E-state index in [1.807, 2.05) is 22.6 Å². The van der Waals surface area contributed by atoms with Crippen molar-refractivity contribution in [2.45, 2.75) is 6.18 Å². The molecule has 1 rings (SSSR count). The summed E-state index contributed by atoms with van der Waals surface area (Å²) >= 11 is 13.2. The van der Waals surface area contributed by atoms with Gasteiger partial charge in [-0.15, -0.1) is 0 Å². The molecule has 0 heterocycles. The number of anilines is 1. The highest BCUT2D eigenvalue weighted by Crippen LogP contribution is 2.30. The second kappa shape index (κ2) is 4.97. The molecule has 16 heavy (non-hydrogen) atoms. The van der Waals surface area contributed by atoms with Crippen LogP contribution in [0.25, 0.3) is 0 Å².